The molecule has 0 fully saturated rings. The molecule has 106 valence electrons. The molecule has 0 saturated heterocycles. The smallest absolute Gasteiger partial charge is 0.323 e. The lowest BCUT2D eigenvalue weighted by molar-refractivity contribution is -0.144. The lowest BCUT2D eigenvalue weighted by atomic mass is 10.0. The second-order valence-corrected chi connectivity index (χ2v) is 4.84. The summed E-state index contributed by atoms with van der Waals surface area (Å²) in [5.41, 5.74) is 0.412. The van der Waals surface area contributed by atoms with E-state index in [4.69, 9.17) is 4.74 Å². The van der Waals surface area contributed by atoms with E-state index in [0.717, 1.165) is 0 Å². The normalized spacial score (nSPS) is 14.2. The Kier molecular flexibility index (Phi) is 5.30. The quantitative estimate of drug-likeness (QED) is 0.806. The van der Waals surface area contributed by atoms with Gasteiger partial charge in [0.15, 0.2) is 0 Å². The van der Waals surface area contributed by atoms with Crippen LogP contribution in [0.1, 0.15) is 32.4 Å². The topological polar surface area (TPSA) is 58.6 Å². The molecular formula is C14H20FNO3. The maximum atomic E-state index is 13.2. The molecule has 4 nitrogen and oxygen atoms in total. The Labute approximate surface area is 112 Å². The van der Waals surface area contributed by atoms with Crippen molar-refractivity contribution in [2.75, 3.05) is 7.11 Å². The molecule has 0 aliphatic carbocycles. The Morgan fingerprint density at radius 1 is 1.37 bits per heavy atom. The van der Waals surface area contributed by atoms with Gasteiger partial charge in [-0.05, 0) is 31.0 Å². The third-order valence-electron chi connectivity index (χ3n) is 3.01. The SMILES string of the molecule is COC(=O)[C@@H](NC(C)c1cc(F)ccc1O)C(C)C. The van der Waals surface area contributed by atoms with Crippen molar-refractivity contribution < 1.29 is 19.0 Å². The number of benzene rings is 1. The van der Waals surface area contributed by atoms with Gasteiger partial charge in [0.2, 0.25) is 0 Å². The number of aromatic hydroxyl groups is 1. The van der Waals surface area contributed by atoms with Gasteiger partial charge < -0.3 is 9.84 Å². The summed E-state index contributed by atoms with van der Waals surface area (Å²) in [6, 6.07) is 2.85. The molecule has 0 aromatic heterocycles. The first kappa shape index (κ1) is 15.4. The van der Waals surface area contributed by atoms with Gasteiger partial charge in [-0.2, -0.15) is 0 Å². The van der Waals surface area contributed by atoms with Crippen LogP contribution in [0.5, 0.6) is 5.75 Å². The average molecular weight is 269 g/mol. The first-order valence-electron chi connectivity index (χ1n) is 6.19. The summed E-state index contributed by atoms with van der Waals surface area (Å²) < 4.78 is 17.9. The van der Waals surface area contributed by atoms with Crippen molar-refractivity contribution in [3.8, 4) is 5.75 Å². The number of hydrogen-bond acceptors (Lipinski definition) is 4. The van der Waals surface area contributed by atoms with Gasteiger partial charge in [0.05, 0.1) is 7.11 Å². The van der Waals surface area contributed by atoms with Gasteiger partial charge in [-0.3, -0.25) is 10.1 Å². The second kappa shape index (κ2) is 6.52. The van der Waals surface area contributed by atoms with Crippen LogP contribution < -0.4 is 5.32 Å². The monoisotopic (exact) mass is 269 g/mol. The van der Waals surface area contributed by atoms with Gasteiger partial charge in [-0.1, -0.05) is 13.8 Å². The van der Waals surface area contributed by atoms with Crippen molar-refractivity contribution in [3.05, 3.63) is 29.6 Å². The molecule has 0 heterocycles. The number of hydrogen-bond donors (Lipinski definition) is 2. The zero-order valence-electron chi connectivity index (χ0n) is 11.6. The zero-order valence-corrected chi connectivity index (χ0v) is 11.6. The molecule has 0 saturated carbocycles. The number of carbonyl (C=O) groups is 1. The van der Waals surface area contributed by atoms with Crippen LogP contribution in [-0.2, 0) is 9.53 Å². The molecule has 1 aromatic rings. The predicted molar refractivity (Wildman–Crippen MR) is 70.3 cm³/mol. The van der Waals surface area contributed by atoms with E-state index in [1.54, 1.807) is 6.92 Å². The molecule has 19 heavy (non-hydrogen) atoms. The minimum atomic E-state index is -0.511. The van der Waals surface area contributed by atoms with Crippen molar-refractivity contribution in [2.24, 2.45) is 5.92 Å². The molecule has 0 spiro atoms. The van der Waals surface area contributed by atoms with Crippen LogP contribution in [0, 0.1) is 11.7 Å². The number of phenolic OH excluding ortho intramolecular Hbond substituents is 1. The number of methoxy groups -OCH3 is 1. The number of nitrogens with one attached hydrogen (secondary N) is 1. The van der Waals surface area contributed by atoms with E-state index >= 15 is 0 Å². The van der Waals surface area contributed by atoms with Crippen molar-refractivity contribution in [3.63, 3.8) is 0 Å². The van der Waals surface area contributed by atoms with Gasteiger partial charge in [0.25, 0.3) is 0 Å². The van der Waals surface area contributed by atoms with Gasteiger partial charge in [0, 0.05) is 11.6 Å². The first-order valence-corrected chi connectivity index (χ1v) is 6.19. The standard InChI is InChI=1S/C14H20FNO3/c1-8(2)13(14(18)19-4)16-9(3)11-7-10(15)5-6-12(11)17/h5-9,13,16-17H,1-4H3/t9?,13-/m0/s1. The van der Waals surface area contributed by atoms with E-state index < -0.39 is 11.9 Å². The van der Waals surface area contributed by atoms with Crippen LogP contribution in [0.2, 0.25) is 0 Å². The number of rotatable bonds is 5. The van der Waals surface area contributed by atoms with E-state index in [1.807, 2.05) is 13.8 Å². The van der Waals surface area contributed by atoms with Crippen molar-refractivity contribution >= 4 is 5.97 Å². The molecule has 0 amide bonds. The van der Waals surface area contributed by atoms with Crippen LogP contribution in [0.3, 0.4) is 0 Å². The van der Waals surface area contributed by atoms with E-state index in [1.165, 1.54) is 25.3 Å². The highest BCUT2D eigenvalue weighted by Gasteiger charge is 2.25. The van der Waals surface area contributed by atoms with E-state index in [0.29, 0.717) is 5.56 Å². The molecule has 0 aliphatic rings. The summed E-state index contributed by atoms with van der Waals surface area (Å²) in [5.74, 6) is -0.794. The summed E-state index contributed by atoms with van der Waals surface area (Å²) in [6.07, 6.45) is 0. The minimum absolute atomic E-state index is 0.00577. The van der Waals surface area contributed by atoms with Crippen LogP contribution in [-0.4, -0.2) is 24.2 Å². The molecule has 2 N–H and O–H groups in total. The lowest BCUT2D eigenvalue weighted by Crippen LogP contribution is -2.43. The first-order chi connectivity index (χ1) is 8.86. The molecule has 0 aliphatic heterocycles. The third-order valence-corrected chi connectivity index (χ3v) is 3.01. The predicted octanol–water partition coefficient (Wildman–Crippen LogP) is 2.38. The number of phenols is 1. The molecule has 1 rings (SSSR count). The summed E-state index contributed by atoms with van der Waals surface area (Å²) in [6.45, 7) is 5.52. The largest absolute Gasteiger partial charge is 0.508 e. The van der Waals surface area contributed by atoms with Gasteiger partial charge in [0.1, 0.15) is 17.6 Å². The summed E-state index contributed by atoms with van der Waals surface area (Å²) >= 11 is 0. The molecule has 1 unspecified atom stereocenters. The Balaban J connectivity index is 2.90. The zero-order chi connectivity index (χ0) is 14.6. The summed E-state index contributed by atoms with van der Waals surface area (Å²) in [4.78, 5) is 11.7. The summed E-state index contributed by atoms with van der Waals surface area (Å²) in [5, 5.41) is 12.8. The maximum absolute atomic E-state index is 13.2. The van der Waals surface area contributed by atoms with Crippen molar-refractivity contribution in [1.29, 1.82) is 0 Å². The molecule has 2 atom stereocenters. The Bertz CT molecular complexity index is 448. The Hall–Kier alpha value is -1.62. The Morgan fingerprint density at radius 3 is 2.53 bits per heavy atom. The van der Waals surface area contributed by atoms with Gasteiger partial charge in [-0.25, -0.2) is 4.39 Å². The van der Waals surface area contributed by atoms with E-state index in [-0.39, 0.29) is 23.7 Å². The highest BCUT2D eigenvalue weighted by atomic mass is 19.1. The third kappa shape index (κ3) is 3.92. The van der Waals surface area contributed by atoms with Crippen LogP contribution >= 0.6 is 0 Å². The molecule has 0 radical (unpaired) electrons. The molecule has 1 aromatic carbocycles. The average Bonchev–Trinajstić information content (AvgIpc) is 2.37. The fraction of sp³-hybridized carbons (Fsp3) is 0.500. The van der Waals surface area contributed by atoms with Crippen LogP contribution in [0.15, 0.2) is 18.2 Å². The second-order valence-electron chi connectivity index (χ2n) is 4.84. The number of esters is 1. The summed E-state index contributed by atoms with van der Waals surface area (Å²) in [7, 11) is 1.32. The molecule has 5 heteroatoms. The van der Waals surface area contributed by atoms with Crippen molar-refractivity contribution in [1.82, 2.24) is 5.32 Å². The van der Waals surface area contributed by atoms with Gasteiger partial charge >= 0.3 is 5.97 Å². The molecule has 0 bridgehead atoms. The minimum Gasteiger partial charge on any atom is -0.508 e. The fourth-order valence-corrected chi connectivity index (χ4v) is 1.89. The lowest BCUT2D eigenvalue weighted by Gasteiger charge is -2.25. The number of carbonyl (C=O) groups excluding carboxylic acids is 1. The Morgan fingerprint density at radius 2 is 2.00 bits per heavy atom. The van der Waals surface area contributed by atoms with E-state index in [2.05, 4.69) is 5.32 Å². The number of halogens is 1. The fourth-order valence-electron chi connectivity index (χ4n) is 1.89. The van der Waals surface area contributed by atoms with Crippen LogP contribution in [0.4, 0.5) is 4.39 Å². The molecular weight excluding hydrogens is 249 g/mol. The maximum Gasteiger partial charge on any atom is 0.323 e. The van der Waals surface area contributed by atoms with Crippen molar-refractivity contribution in [2.45, 2.75) is 32.9 Å². The number of ether oxygens (including phenoxy) is 1. The van der Waals surface area contributed by atoms with E-state index in [9.17, 15) is 14.3 Å². The highest BCUT2D eigenvalue weighted by Crippen LogP contribution is 2.25. The van der Waals surface area contributed by atoms with Crippen LogP contribution in [0.25, 0.3) is 0 Å². The van der Waals surface area contributed by atoms with Gasteiger partial charge in [-0.15, -0.1) is 0 Å². The highest BCUT2D eigenvalue weighted by molar-refractivity contribution is 5.76.